The van der Waals surface area contributed by atoms with Crippen LogP contribution in [0.2, 0.25) is 5.28 Å². The number of aryl methyl sites for hydroxylation is 1. The Morgan fingerprint density at radius 1 is 1.24 bits per heavy atom. The van der Waals surface area contributed by atoms with E-state index in [0.29, 0.717) is 19.8 Å². The summed E-state index contributed by atoms with van der Waals surface area (Å²) in [5.74, 6) is 1.75. The van der Waals surface area contributed by atoms with Crippen LogP contribution in [-0.2, 0) is 17.8 Å². The predicted molar refractivity (Wildman–Crippen MR) is 81.8 cm³/mol. The van der Waals surface area contributed by atoms with Crippen LogP contribution in [0.3, 0.4) is 0 Å². The molecule has 114 valence electrons. The summed E-state index contributed by atoms with van der Waals surface area (Å²) in [7, 11) is 1.90. The molecule has 3 rings (SSSR count). The van der Waals surface area contributed by atoms with E-state index in [9.17, 15) is 0 Å². The summed E-state index contributed by atoms with van der Waals surface area (Å²) in [6.45, 7) is 6.53. The summed E-state index contributed by atoms with van der Waals surface area (Å²) in [6.07, 6.45) is 0. The van der Waals surface area contributed by atoms with Crippen molar-refractivity contribution < 1.29 is 4.74 Å². The highest BCUT2D eigenvalue weighted by Crippen LogP contribution is 2.26. The highest BCUT2D eigenvalue weighted by atomic mass is 35.5. The summed E-state index contributed by atoms with van der Waals surface area (Å²) >= 11 is 6.12. The zero-order valence-electron chi connectivity index (χ0n) is 12.3. The van der Waals surface area contributed by atoms with Crippen molar-refractivity contribution >= 4 is 28.6 Å². The molecule has 1 aliphatic rings. The van der Waals surface area contributed by atoms with Gasteiger partial charge in [0.05, 0.1) is 19.8 Å². The van der Waals surface area contributed by atoms with Gasteiger partial charge in [0, 0.05) is 19.6 Å². The van der Waals surface area contributed by atoms with Gasteiger partial charge in [-0.25, -0.2) is 4.98 Å². The number of nitrogens with zero attached hydrogens (tertiary/aromatic N) is 5. The Balaban J connectivity index is 2.14. The Bertz CT molecular complexity index is 637. The van der Waals surface area contributed by atoms with Gasteiger partial charge in [-0.2, -0.15) is 9.97 Å². The number of rotatable bonds is 4. The van der Waals surface area contributed by atoms with Crippen molar-refractivity contribution in [1.82, 2.24) is 24.8 Å². The highest BCUT2D eigenvalue weighted by molar-refractivity contribution is 6.28. The lowest BCUT2D eigenvalue weighted by Gasteiger charge is -2.27. The van der Waals surface area contributed by atoms with Gasteiger partial charge in [-0.1, -0.05) is 0 Å². The van der Waals surface area contributed by atoms with Gasteiger partial charge in [0.25, 0.3) is 0 Å². The molecule has 0 aromatic carbocycles. The molecule has 8 heteroatoms. The molecule has 21 heavy (non-hydrogen) atoms. The van der Waals surface area contributed by atoms with Gasteiger partial charge >= 0.3 is 0 Å². The second kappa shape index (κ2) is 6.13. The SMILES string of the molecule is CCn1c(CNC)nc2c(N3CCOCC3)nc(Cl)nc21. The van der Waals surface area contributed by atoms with Crippen molar-refractivity contribution in [3.05, 3.63) is 11.1 Å². The molecule has 2 aromatic rings. The summed E-state index contributed by atoms with van der Waals surface area (Å²) in [5, 5.41) is 3.39. The fraction of sp³-hybridized carbons (Fsp3) is 0.615. The Morgan fingerprint density at radius 2 is 2.00 bits per heavy atom. The summed E-state index contributed by atoms with van der Waals surface area (Å²) in [5.41, 5.74) is 1.61. The van der Waals surface area contributed by atoms with E-state index in [1.165, 1.54) is 0 Å². The highest BCUT2D eigenvalue weighted by Gasteiger charge is 2.21. The van der Waals surface area contributed by atoms with E-state index >= 15 is 0 Å². The van der Waals surface area contributed by atoms with Crippen LogP contribution in [0.15, 0.2) is 0 Å². The molecular weight excluding hydrogens is 292 g/mol. The average Bonchev–Trinajstić information content (AvgIpc) is 2.85. The molecule has 0 aliphatic carbocycles. The van der Waals surface area contributed by atoms with Gasteiger partial charge in [0.2, 0.25) is 5.28 Å². The van der Waals surface area contributed by atoms with Crippen molar-refractivity contribution in [2.24, 2.45) is 0 Å². The Kier molecular flexibility index (Phi) is 4.23. The lowest BCUT2D eigenvalue weighted by atomic mass is 10.4. The third-order valence-electron chi connectivity index (χ3n) is 3.59. The number of nitrogens with one attached hydrogen (secondary N) is 1. The zero-order chi connectivity index (χ0) is 14.8. The minimum absolute atomic E-state index is 0.259. The van der Waals surface area contributed by atoms with Crippen molar-refractivity contribution in [2.75, 3.05) is 38.3 Å². The first-order valence-electron chi connectivity index (χ1n) is 7.14. The normalized spacial score (nSPS) is 15.9. The molecular formula is C13H19ClN6O. The number of imidazole rings is 1. The third-order valence-corrected chi connectivity index (χ3v) is 3.76. The molecule has 0 atom stereocenters. The molecule has 0 saturated carbocycles. The fourth-order valence-electron chi connectivity index (χ4n) is 2.63. The van der Waals surface area contributed by atoms with Crippen molar-refractivity contribution in [3.63, 3.8) is 0 Å². The Hall–Kier alpha value is -1.44. The number of morpholine rings is 1. The molecule has 1 N–H and O–H groups in total. The number of aromatic nitrogens is 4. The number of fused-ring (bicyclic) bond motifs is 1. The lowest BCUT2D eigenvalue weighted by Crippen LogP contribution is -2.37. The van der Waals surface area contributed by atoms with Gasteiger partial charge in [-0.05, 0) is 25.6 Å². The molecule has 3 heterocycles. The van der Waals surface area contributed by atoms with Crippen LogP contribution in [0.5, 0.6) is 0 Å². The van der Waals surface area contributed by atoms with Crippen molar-refractivity contribution in [3.8, 4) is 0 Å². The topological polar surface area (TPSA) is 68.1 Å². The first-order valence-corrected chi connectivity index (χ1v) is 7.52. The lowest BCUT2D eigenvalue weighted by molar-refractivity contribution is 0.122. The van der Waals surface area contributed by atoms with Gasteiger partial charge in [-0.15, -0.1) is 0 Å². The molecule has 0 amide bonds. The van der Waals surface area contributed by atoms with E-state index in [1.54, 1.807) is 0 Å². The van der Waals surface area contributed by atoms with Crippen molar-refractivity contribution in [1.29, 1.82) is 0 Å². The molecule has 0 bridgehead atoms. The summed E-state index contributed by atoms with van der Waals surface area (Å²) < 4.78 is 7.47. The molecule has 1 saturated heterocycles. The van der Waals surface area contributed by atoms with Gasteiger partial charge in [0.1, 0.15) is 5.82 Å². The monoisotopic (exact) mass is 310 g/mol. The van der Waals surface area contributed by atoms with Crippen LogP contribution < -0.4 is 10.2 Å². The van der Waals surface area contributed by atoms with Gasteiger partial charge in [-0.3, -0.25) is 0 Å². The van der Waals surface area contributed by atoms with Crippen LogP contribution >= 0.6 is 11.6 Å². The third kappa shape index (κ3) is 2.68. The number of ether oxygens (including phenoxy) is 1. The molecule has 7 nitrogen and oxygen atoms in total. The number of hydrogen-bond donors (Lipinski definition) is 1. The molecule has 2 aromatic heterocycles. The van der Waals surface area contributed by atoms with E-state index in [1.807, 2.05) is 7.05 Å². The zero-order valence-corrected chi connectivity index (χ0v) is 13.0. The smallest absolute Gasteiger partial charge is 0.226 e. The minimum Gasteiger partial charge on any atom is -0.378 e. The van der Waals surface area contributed by atoms with E-state index in [4.69, 9.17) is 21.3 Å². The summed E-state index contributed by atoms with van der Waals surface area (Å²) in [4.78, 5) is 15.7. The van der Waals surface area contributed by atoms with Gasteiger partial charge in [0.15, 0.2) is 17.0 Å². The van der Waals surface area contributed by atoms with Gasteiger partial charge < -0.3 is 19.5 Å². The molecule has 1 aliphatic heterocycles. The Morgan fingerprint density at radius 3 is 2.67 bits per heavy atom. The van der Waals surface area contributed by atoms with Crippen LogP contribution in [0.4, 0.5) is 5.82 Å². The second-order valence-electron chi connectivity index (χ2n) is 4.89. The molecule has 0 spiro atoms. The van der Waals surface area contributed by atoms with Crippen LogP contribution in [-0.4, -0.2) is 52.9 Å². The second-order valence-corrected chi connectivity index (χ2v) is 5.23. The molecule has 1 fully saturated rings. The standard InChI is InChI=1S/C13H19ClN6O/c1-3-20-9(8-15-2)16-10-11(17-13(14)18-12(10)20)19-4-6-21-7-5-19/h15H,3-8H2,1-2H3. The quantitative estimate of drug-likeness (QED) is 0.852. The minimum atomic E-state index is 0.259. The maximum absolute atomic E-state index is 6.12. The van der Waals surface area contributed by atoms with Crippen LogP contribution in [0, 0.1) is 0 Å². The van der Waals surface area contributed by atoms with E-state index in [-0.39, 0.29) is 5.28 Å². The largest absolute Gasteiger partial charge is 0.378 e. The summed E-state index contributed by atoms with van der Waals surface area (Å²) in [6, 6.07) is 0. The van der Waals surface area contributed by atoms with Crippen LogP contribution in [0.1, 0.15) is 12.7 Å². The number of halogens is 1. The maximum atomic E-state index is 6.12. The first kappa shape index (κ1) is 14.5. The fourth-order valence-corrected chi connectivity index (χ4v) is 2.79. The Labute approximate surface area is 128 Å². The predicted octanol–water partition coefficient (Wildman–Crippen LogP) is 1.06. The van der Waals surface area contributed by atoms with Crippen molar-refractivity contribution in [2.45, 2.75) is 20.0 Å². The average molecular weight is 311 g/mol. The van der Waals surface area contributed by atoms with E-state index < -0.39 is 0 Å². The molecule has 0 radical (unpaired) electrons. The maximum Gasteiger partial charge on any atom is 0.226 e. The number of anilines is 1. The first-order chi connectivity index (χ1) is 10.2. The van der Waals surface area contributed by atoms with E-state index in [2.05, 4.69) is 31.7 Å². The van der Waals surface area contributed by atoms with Crippen LogP contribution in [0.25, 0.3) is 11.2 Å². The van der Waals surface area contributed by atoms with E-state index in [0.717, 1.165) is 42.4 Å². The number of hydrogen-bond acceptors (Lipinski definition) is 6. The molecule has 0 unspecified atom stereocenters.